The highest BCUT2D eigenvalue weighted by molar-refractivity contribution is 6.31. The minimum Gasteiger partial charge on any atom is -0.310 e. The average molecular weight is 274 g/mol. The van der Waals surface area contributed by atoms with Gasteiger partial charge in [-0.2, -0.15) is 0 Å². The van der Waals surface area contributed by atoms with Crippen molar-refractivity contribution in [1.29, 1.82) is 0 Å². The van der Waals surface area contributed by atoms with E-state index in [1.807, 2.05) is 24.3 Å². The van der Waals surface area contributed by atoms with Gasteiger partial charge in [0.25, 0.3) is 0 Å². The van der Waals surface area contributed by atoms with Gasteiger partial charge in [-0.25, -0.2) is 0 Å². The molecule has 2 aromatic carbocycles. The fraction of sp³-hybridized carbons (Fsp3) is 0.294. The molecule has 0 bridgehead atoms. The van der Waals surface area contributed by atoms with Crippen molar-refractivity contribution in [3.05, 3.63) is 70.7 Å². The van der Waals surface area contributed by atoms with Gasteiger partial charge in [0.1, 0.15) is 0 Å². The topological polar surface area (TPSA) is 12.0 Å². The number of rotatable bonds is 6. The van der Waals surface area contributed by atoms with Crippen LogP contribution in [0.15, 0.2) is 54.6 Å². The second-order valence-corrected chi connectivity index (χ2v) is 5.19. The third-order valence-corrected chi connectivity index (χ3v) is 3.70. The summed E-state index contributed by atoms with van der Waals surface area (Å²) in [5.74, 6) is 0. The van der Waals surface area contributed by atoms with Crippen molar-refractivity contribution in [2.45, 2.75) is 25.8 Å². The molecule has 0 aliphatic carbocycles. The Morgan fingerprint density at radius 3 is 2.42 bits per heavy atom. The molecule has 1 N–H and O–H groups in total. The van der Waals surface area contributed by atoms with Crippen LogP contribution >= 0.6 is 11.6 Å². The first-order valence-corrected chi connectivity index (χ1v) is 7.17. The normalized spacial score (nSPS) is 12.3. The molecule has 0 aliphatic heterocycles. The molecule has 2 rings (SSSR count). The van der Waals surface area contributed by atoms with Crippen LogP contribution in [0.5, 0.6) is 0 Å². The van der Waals surface area contributed by atoms with Gasteiger partial charge in [0.15, 0.2) is 0 Å². The van der Waals surface area contributed by atoms with Crippen molar-refractivity contribution in [2.24, 2.45) is 0 Å². The fourth-order valence-corrected chi connectivity index (χ4v) is 2.39. The molecule has 2 heteroatoms. The number of hydrogen-bond donors (Lipinski definition) is 1. The summed E-state index contributed by atoms with van der Waals surface area (Å²) in [5.41, 5.74) is 2.57. The molecular formula is C17H20ClN. The maximum Gasteiger partial charge on any atom is 0.0437 e. The Balaban J connectivity index is 1.74. The van der Waals surface area contributed by atoms with Crippen LogP contribution in [0.1, 0.15) is 30.5 Å². The van der Waals surface area contributed by atoms with Gasteiger partial charge in [0.05, 0.1) is 0 Å². The summed E-state index contributed by atoms with van der Waals surface area (Å²) in [6, 6.07) is 19.0. The summed E-state index contributed by atoms with van der Waals surface area (Å²) in [7, 11) is 0. The highest BCUT2D eigenvalue weighted by Gasteiger charge is 2.03. The van der Waals surface area contributed by atoms with Crippen LogP contribution in [0.4, 0.5) is 0 Å². The zero-order valence-corrected chi connectivity index (χ0v) is 12.0. The first-order chi connectivity index (χ1) is 9.27. The Morgan fingerprint density at radius 2 is 1.68 bits per heavy atom. The lowest BCUT2D eigenvalue weighted by Gasteiger charge is -2.14. The molecule has 2 aromatic rings. The minimum atomic E-state index is 0.396. The maximum absolute atomic E-state index is 6.14. The predicted octanol–water partition coefficient (Wildman–Crippen LogP) is 4.62. The molecule has 1 nitrogen and oxygen atoms in total. The van der Waals surface area contributed by atoms with Crippen molar-refractivity contribution in [3.63, 3.8) is 0 Å². The molecule has 1 atom stereocenters. The van der Waals surface area contributed by atoms with E-state index in [9.17, 15) is 0 Å². The van der Waals surface area contributed by atoms with Crippen LogP contribution in [0, 0.1) is 0 Å². The lowest BCUT2D eigenvalue weighted by molar-refractivity contribution is 0.558. The van der Waals surface area contributed by atoms with Crippen molar-refractivity contribution in [3.8, 4) is 0 Å². The smallest absolute Gasteiger partial charge is 0.0437 e. The van der Waals surface area contributed by atoms with E-state index in [0.717, 1.165) is 24.4 Å². The van der Waals surface area contributed by atoms with E-state index in [0.29, 0.717) is 6.04 Å². The van der Waals surface area contributed by atoms with Crippen LogP contribution in [-0.4, -0.2) is 6.54 Å². The quantitative estimate of drug-likeness (QED) is 0.757. The molecule has 0 saturated heterocycles. The molecule has 0 heterocycles. The van der Waals surface area contributed by atoms with Gasteiger partial charge in [0, 0.05) is 11.1 Å². The first kappa shape index (κ1) is 14.1. The van der Waals surface area contributed by atoms with Crippen molar-refractivity contribution >= 4 is 11.6 Å². The molecule has 0 spiro atoms. The van der Waals surface area contributed by atoms with Crippen LogP contribution in [0.2, 0.25) is 5.02 Å². The van der Waals surface area contributed by atoms with Crippen LogP contribution in [-0.2, 0) is 6.42 Å². The van der Waals surface area contributed by atoms with E-state index >= 15 is 0 Å². The summed E-state index contributed by atoms with van der Waals surface area (Å²) < 4.78 is 0. The molecule has 0 fully saturated rings. The highest BCUT2D eigenvalue weighted by Crippen LogP contribution is 2.16. The molecular weight excluding hydrogens is 254 g/mol. The lowest BCUT2D eigenvalue weighted by Crippen LogP contribution is -2.20. The Kier molecular flexibility index (Phi) is 5.44. The van der Waals surface area contributed by atoms with E-state index in [4.69, 9.17) is 11.6 Å². The number of aryl methyl sites for hydroxylation is 1. The van der Waals surface area contributed by atoms with Gasteiger partial charge in [-0.05, 0) is 43.5 Å². The molecule has 0 aromatic heterocycles. The maximum atomic E-state index is 6.14. The summed E-state index contributed by atoms with van der Waals surface area (Å²) in [5, 5.41) is 4.42. The Hall–Kier alpha value is -1.31. The summed E-state index contributed by atoms with van der Waals surface area (Å²) in [6.45, 7) is 3.20. The number of halogens is 1. The van der Waals surface area contributed by atoms with E-state index in [1.165, 1.54) is 11.1 Å². The summed E-state index contributed by atoms with van der Waals surface area (Å²) in [6.07, 6.45) is 2.12. The highest BCUT2D eigenvalue weighted by atomic mass is 35.5. The Labute approximate surface area is 120 Å². The van der Waals surface area contributed by atoms with Gasteiger partial charge in [-0.3, -0.25) is 0 Å². The molecule has 100 valence electrons. The van der Waals surface area contributed by atoms with Gasteiger partial charge in [-0.1, -0.05) is 60.1 Å². The van der Waals surface area contributed by atoms with Crippen LogP contribution in [0.3, 0.4) is 0 Å². The Bertz CT molecular complexity index is 496. The van der Waals surface area contributed by atoms with Crippen molar-refractivity contribution in [2.75, 3.05) is 6.54 Å². The third kappa shape index (κ3) is 4.38. The first-order valence-electron chi connectivity index (χ1n) is 6.79. The largest absolute Gasteiger partial charge is 0.310 e. The average Bonchev–Trinajstić information content (AvgIpc) is 2.46. The second kappa shape index (κ2) is 7.32. The fourth-order valence-electron chi connectivity index (χ4n) is 2.16. The van der Waals surface area contributed by atoms with Gasteiger partial charge >= 0.3 is 0 Å². The van der Waals surface area contributed by atoms with E-state index < -0.39 is 0 Å². The van der Waals surface area contributed by atoms with Crippen molar-refractivity contribution < 1.29 is 0 Å². The van der Waals surface area contributed by atoms with Crippen molar-refractivity contribution in [1.82, 2.24) is 5.32 Å². The zero-order valence-electron chi connectivity index (χ0n) is 11.3. The molecule has 0 amide bonds. The van der Waals surface area contributed by atoms with Gasteiger partial charge in [-0.15, -0.1) is 0 Å². The molecule has 0 aliphatic rings. The second-order valence-electron chi connectivity index (χ2n) is 4.78. The summed E-state index contributed by atoms with van der Waals surface area (Å²) >= 11 is 6.14. The Morgan fingerprint density at radius 1 is 1.00 bits per heavy atom. The van der Waals surface area contributed by atoms with Crippen LogP contribution < -0.4 is 5.32 Å². The monoisotopic (exact) mass is 273 g/mol. The standard InChI is InChI=1S/C17H20ClN/c1-14(15-8-3-2-4-9-15)19-13-7-11-16-10-5-6-12-17(16)18/h2-6,8-10,12,14,19H,7,11,13H2,1H3/t14-/m1/s1. The summed E-state index contributed by atoms with van der Waals surface area (Å²) in [4.78, 5) is 0. The number of nitrogens with one attached hydrogen (secondary N) is 1. The molecule has 0 unspecified atom stereocenters. The van der Waals surface area contributed by atoms with Gasteiger partial charge in [0.2, 0.25) is 0 Å². The minimum absolute atomic E-state index is 0.396. The molecule has 0 radical (unpaired) electrons. The van der Waals surface area contributed by atoms with E-state index in [2.05, 4.69) is 42.6 Å². The van der Waals surface area contributed by atoms with Gasteiger partial charge < -0.3 is 5.32 Å². The third-order valence-electron chi connectivity index (χ3n) is 3.33. The molecule has 0 saturated carbocycles. The number of hydrogen-bond acceptors (Lipinski definition) is 1. The predicted molar refractivity (Wildman–Crippen MR) is 82.6 cm³/mol. The SMILES string of the molecule is C[C@@H](NCCCc1ccccc1Cl)c1ccccc1. The zero-order chi connectivity index (χ0) is 13.5. The van der Waals surface area contributed by atoms with Crippen LogP contribution in [0.25, 0.3) is 0 Å². The van der Waals surface area contributed by atoms with E-state index in [1.54, 1.807) is 0 Å². The van der Waals surface area contributed by atoms with E-state index in [-0.39, 0.29) is 0 Å². The molecule has 19 heavy (non-hydrogen) atoms. The lowest BCUT2D eigenvalue weighted by atomic mass is 10.1. The number of benzene rings is 2.